The van der Waals surface area contributed by atoms with Gasteiger partial charge in [-0.3, -0.25) is 14.6 Å². The van der Waals surface area contributed by atoms with Gasteiger partial charge in [-0.25, -0.2) is 0 Å². The van der Waals surface area contributed by atoms with E-state index in [2.05, 4.69) is 27.1 Å². The van der Waals surface area contributed by atoms with E-state index in [4.69, 9.17) is 0 Å². The predicted molar refractivity (Wildman–Crippen MR) is 116 cm³/mol. The summed E-state index contributed by atoms with van der Waals surface area (Å²) in [7, 11) is 2.13. The number of nitrogens with zero attached hydrogens (tertiary/aromatic N) is 4. The fourth-order valence-electron chi connectivity index (χ4n) is 3.39. The van der Waals surface area contributed by atoms with Crippen LogP contribution in [-0.4, -0.2) is 72.9 Å². The first-order chi connectivity index (χ1) is 14.0. The highest BCUT2D eigenvalue weighted by Crippen LogP contribution is 2.20. The number of carbonyl (C=O) groups is 2. The zero-order chi connectivity index (χ0) is 20.8. The number of amides is 2. The molecule has 29 heavy (non-hydrogen) atoms. The van der Waals surface area contributed by atoms with Gasteiger partial charge in [-0.1, -0.05) is 0 Å². The van der Waals surface area contributed by atoms with Gasteiger partial charge in [0.2, 0.25) is 0 Å². The standard InChI is InChI=1S/C22H29N5O2/c1-4-26(5-2)22(29)20-16-17(10-11-23-20)21(28)24-18-6-8-19(9-7-18)27-14-12-25(3)13-15-27/h6-11,16H,4-5,12-15H2,1-3H3,(H,24,28). The first kappa shape index (κ1) is 20.8. The van der Waals surface area contributed by atoms with Crippen molar-refractivity contribution in [3.05, 3.63) is 53.9 Å². The van der Waals surface area contributed by atoms with Gasteiger partial charge in [-0.15, -0.1) is 0 Å². The fourth-order valence-corrected chi connectivity index (χ4v) is 3.39. The monoisotopic (exact) mass is 395 g/mol. The van der Waals surface area contributed by atoms with E-state index in [9.17, 15) is 9.59 Å². The van der Waals surface area contributed by atoms with Gasteiger partial charge in [-0.2, -0.15) is 0 Å². The average molecular weight is 396 g/mol. The lowest BCUT2D eigenvalue weighted by Crippen LogP contribution is -2.44. The zero-order valence-corrected chi connectivity index (χ0v) is 17.4. The molecular weight excluding hydrogens is 366 g/mol. The Morgan fingerprint density at radius 2 is 1.69 bits per heavy atom. The summed E-state index contributed by atoms with van der Waals surface area (Å²) in [4.78, 5) is 35.6. The highest BCUT2D eigenvalue weighted by molar-refractivity contribution is 6.05. The van der Waals surface area contributed by atoms with E-state index < -0.39 is 0 Å². The maximum Gasteiger partial charge on any atom is 0.272 e. The average Bonchev–Trinajstić information content (AvgIpc) is 2.76. The van der Waals surface area contributed by atoms with Crippen molar-refractivity contribution in [3.8, 4) is 0 Å². The predicted octanol–water partition coefficient (Wildman–Crippen LogP) is 2.57. The normalized spacial score (nSPS) is 14.5. The first-order valence-electron chi connectivity index (χ1n) is 10.1. The quantitative estimate of drug-likeness (QED) is 0.814. The van der Waals surface area contributed by atoms with Crippen LogP contribution in [0, 0.1) is 0 Å². The fraction of sp³-hybridized carbons (Fsp3) is 0.409. The van der Waals surface area contributed by atoms with E-state index >= 15 is 0 Å². The van der Waals surface area contributed by atoms with Crippen LogP contribution in [0.5, 0.6) is 0 Å². The van der Waals surface area contributed by atoms with Gasteiger partial charge >= 0.3 is 0 Å². The Hall–Kier alpha value is -2.93. The second-order valence-electron chi connectivity index (χ2n) is 7.20. The number of pyridine rings is 1. The SMILES string of the molecule is CCN(CC)C(=O)c1cc(C(=O)Nc2ccc(N3CCN(C)CC3)cc2)ccn1. The van der Waals surface area contributed by atoms with E-state index in [0.717, 1.165) is 37.6 Å². The minimum absolute atomic E-state index is 0.166. The third-order valence-corrected chi connectivity index (χ3v) is 5.29. The number of likely N-dealkylation sites (N-methyl/N-ethyl adjacent to an activating group) is 1. The molecule has 1 aromatic heterocycles. The number of aromatic nitrogens is 1. The molecule has 1 N–H and O–H groups in total. The molecule has 0 aliphatic carbocycles. The molecule has 2 aromatic rings. The van der Waals surface area contributed by atoms with Crippen molar-refractivity contribution in [2.24, 2.45) is 0 Å². The number of anilines is 2. The molecule has 0 spiro atoms. The van der Waals surface area contributed by atoms with Gasteiger partial charge in [0.05, 0.1) is 0 Å². The molecule has 2 amide bonds. The smallest absolute Gasteiger partial charge is 0.272 e. The van der Waals surface area contributed by atoms with E-state index in [1.54, 1.807) is 17.0 Å². The summed E-state index contributed by atoms with van der Waals surface area (Å²) in [5.74, 6) is -0.422. The van der Waals surface area contributed by atoms with Gasteiger partial charge in [-0.05, 0) is 57.3 Å². The summed E-state index contributed by atoms with van der Waals surface area (Å²) in [6.45, 7) is 9.16. The highest BCUT2D eigenvalue weighted by atomic mass is 16.2. The van der Waals surface area contributed by atoms with Crippen molar-refractivity contribution >= 4 is 23.2 Å². The number of nitrogens with one attached hydrogen (secondary N) is 1. The molecule has 1 aromatic carbocycles. The maximum absolute atomic E-state index is 12.6. The Bertz CT molecular complexity index is 841. The summed E-state index contributed by atoms with van der Waals surface area (Å²) >= 11 is 0. The van der Waals surface area contributed by atoms with Crippen LogP contribution < -0.4 is 10.2 Å². The molecule has 0 unspecified atom stereocenters. The van der Waals surface area contributed by atoms with Crippen molar-refractivity contribution in [1.29, 1.82) is 0 Å². The van der Waals surface area contributed by atoms with Crippen LogP contribution in [0.2, 0.25) is 0 Å². The van der Waals surface area contributed by atoms with Gasteiger partial charge in [0.15, 0.2) is 0 Å². The van der Waals surface area contributed by atoms with Crippen LogP contribution in [0.1, 0.15) is 34.7 Å². The van der Waals surface area contributed by atoms with E-state index in [0.29, 0.717) is 18.7 Å². The van der Waals surface area contributed by atoms with Crippen molar-refractivity contribution in [3.63, 3.8) is 0 Å². The number of hydrogen-bond donors (Lipinski definition) is 1. The maximum atomic E-state index is 12.6. The van der Waals surface area contributed by atoms with E-state index in [1.807, 2.05) is 38.1 Å². The molecule has 154 valence electrons. The molecule has 2 heterocycles. The van der Waals surface area contributed by atoms with Crippen LogP contribution >= 0.6 is 0 Å². The lowest BCUT2D eigenvalue weighted by Gasteiger charge is -2.34. The number of piperazine rings is 1. The molecule has 7 heteroatoms. The number of rotatable bonds is 6. The molecule has 1 aliphatic rings. The lowest BCUT2D eigenvalue weighted by molar-refractivity contribution is 0.0767. The third-order valence-electron chi connectivity index (χ3n) is 5.29. The van der Waals surface area contributed by atoms with Crippen molar-refractivity contribution in [1.82, 2.24) is 14.8 Å². The van der Waals surface area contributed by atoms with Gasteiger partial charge in [0, 0.05) is 62.4 Å². The Kier molecular flexibility index (Phi) is 6.82. The minimum atomic E-state index is -0.256. The van der Waals surface area contributed by atoms with Crippen LogP contribution in [0.4, 0.5) is 11.4 Å². The second kappa shape index (κ2) is 9.52. The number of carbonyl (C=O) groups excluding carboxylic acids is 2. The summed E-state index contributed by atoms with van der Waals surface area (Å²) in [5, 5.41) is 2.90. The van der Waals surface area contributed by atoms with E-state index in [-0.39, 0.29) is 17.5 Å². The van der Waals surface area contributed by atoms with Crippen LogP contribution in [-0.2, 0) is 0 Å². The van der Waals surface area contributed by atoms with Gasteiger partial charge in [0.25, 0.3) is 11.8 Å². The molecule has 1 aliphatic heterocycles. The Balaban J connectivity index is 1.66. The minimum Gasteiger partial charge on any atom is -0.369 e. The van der Waals surface area contributed by atoms with Crippen molar-refractivity contribution < 1.29 is 9.59 Å². The van der Waals surface area contributed by atoms with Crippen molar-refractivity contribution in [2.75, 3.05) is 56.5 Å². The molecule has 3 rings (SSSR count). The summed E-state index contributed by atoms with van der Waals surface area (Å²) in [5.41, 5.74) is 2.58. The van der Waals surface area contributed by atoms with Crippen LogP contribution in [0.15, 0.2) is 42.6 Å². The molecule has 7 nitrogen and oxygen atoms in total. The second-order valence-corrected chi connectivity index (χ2v) is 7.20. The molecule has 0 saturated carbocycles. The molecule has 1 saturated heterocycles. The molecule has 0 atom stereocenters. The largest absolute Gasteiger partial charge is 0.369 e. The summed E-state index contributed by atoms with van der Waals surface area (Å²) < 4.78 is 0. The van der Waals surface area contributed by atoms with Crippen molar-refractivity contribution in [2.45, 2.75) is 13.8 Å². The highest BCUT2D eigenvalue weighted by Gasteiger charge is 2.17. The van der Waals surface area contributed by atoms with Gasteiger partial charge in [0.1, 0.15) is 5.69 Å². The molecule has 0 bridgehead atoms. The number of benzene rings is 1. The Morgan fingerprint density at radius 1 is 1.03 bits per heavy atom. The molecule has 1 fully saturated rings. The van der Waals surface area contributed by atoms with Gasteiger partial charge < -0.3 is 20.0 Å². The zero-order valence-electron chi connectivity index (χ0n) is 17.4. The Morgan fingerprint density at radius 3 is 2.31 bits per heavy atom. The lowest BCUT2D eigenvalue weighted by atomic mass is 10.2. The number of hydrogen-bond acceptors (Lipinski definition) is 5. The molecular formula is C22H29N5O2. The summed E-state index contributed by atoms with van der Waals surface area (Å²) in [6.07, 6.45) is 1.50. The third kappa shape index (κ3) is 5.12. The summed E-state index contributed by atoms with van der Waals surface area (Å²) in [6, 6.07) is 11.1. The van der Waals surface area contributed by atoms with Crippen LogP contribution in [0.25, 0.3) is 0 Å². The van der Waals surface area contributed by atoms with E-state index in [1.165, 1.54) is 6.20 Å². The molecule has 0 radical (unpaired) electrons. The topological polar surface area (TPSA) is 68.8 Å². The first-order valence-corrected chi connectivity index (χ1v) is 10.1. The Labute approximate surface area is 172 Å². The van der Waals surface area contributed by atoms with Crippen LogP contribution in [0.3, 0.4) is 0 Å².